The molecule has 0 aliphatic carbocycles. The Morgan fingerprint density at radius 1 is 0.736 bits per heavy atom. The third-order valence-corrected chi connectivity index (χ3v) is 5.79. The predicted octanol–water partition coefficient (Wildman–Crippen LogP) is 6.01. The molecule has 0 spiro atoms. The van der Waals surface area contributed by atoms with Crippen LogP contribution in [0.15, 0.2) is 105 Å². The van der Waals surface area contributed by atoms with E-state index in [1.165, 1.54) is 0 Å². The summed E-state index contributed by atoms with van der Waals surface area (Å²) in [7, 11) is -3.67. The molecule has 4 rings (SSSR count). The van der Waals surface area contributed by atoms with Crippen molar-refractivity contribution in [3.05, 3.63) is 96.3 Å². The van der Waals surface area contributed by atoms with Gasteiger partial charge in [0.2, 0.25) is 0 Å². The summed E-state index contributed by atoms with van der Waals surface area (Å²) in [5.74, 6) is 0.120. The van der Waals surface area contributed by atoms with E-state index in [4.69, 9.17) is 26.5 Å². The van der Waals surface area contributed by atoms with Crippen LogP contribution in [-0.2, 0) is 37.3 Å². The van der Waals surface area contributed by atoms with Gasteiger partial charge in [-0.15, -0.1) is 10.2 Å². The number of aromatic nitrogens is 2. The summed E-state index contributed by atoms with van der Waals surface area (Å²) in [5, 5.41) is 18.7. The molecule has 18 heteroatoms. The van der Waals surface area contributed by atoms with Gasteiger partial charge < -0.3 is 27.3 Å². The zero-order valence-electron chi connectivity index (χ0n) is 29.1. The standard InChI is InChI=1S/C19H23N5O3.C14H15N5O.CH4O3S.CH4/c1-19(2,3)27-18(26)21-12-15(25)11-14-9-10-16(17(20)22-14)24-23-13-7-5-4-6-8-13;15-9-12(20)8-11-6-7-13(14(16)17-11)19-18-10-4-2-1-3-5-10;1-5(2,3)4;/h4-10H,11-12H2,1-3H3,(H2,20,22)(H,21,26);1-7H,8-9,15H2,(H2,16,17);1H3,(H,2,3,4);1H4. The summed E-state index contributed by atoms with van der Waals surface area (Å²) in [4.78, 5) is 43.1. The van der Waals surface area contributed by atoms with Gasteiger partial charge in [0.1, 0.15) is 17.0 Å². The number of amides is 1. The maximum absolute atomic E-state index is 12.0. The zero-order valence-corrected chi connectivity index (χ0v) is 29.9. The lowest BCUT2D eigenvalue weighted by atomic mass is 10.2. The zero-order chi connectivity index (χ0) is 38.7. The highest BCUT2D eigenvalue weighted by molar-refractivity contribution is 7.85. The fourth-order valence-corrected chi connectivity index (χ4v) is 3.62. The lowest BCUT2D eigenvalue weighted by Crippen LogP contribution is -2.35. The van der Waals surface area contributed by atoms with Crippen LogP contribution < -0.4 is 22.5 Å². The molecule has 1 amide bonds. The number of pyridine rings is 2. The number of hydrogen-bond acceptors (Lipinski definition) is 15. The number of nitrogens with two attached hydrogens (primary N) is 3. The van der Waals surface area contributed by atoms with E-state index in [1.807, 2.05) is 60.7 Å². The summed E-state index contributed by atoms with van der Waals surface area (Å²) in [6, 6.07) is 25.2. The molecule has 0 fully saturated rings. The first kappa shape index (κ1) is 45.0. The molecule has 2 heterocycles. The first-order chi connectivity index (χ1) is 24.4. The van der Waals surface area contributed by atoms with E-state index in [2.05, 4.69) is 35.7 Å². The van der Waals surface area contributed by atoms with Gasteiger partial charge in [0.05, 0.1) is 54.9 Å². The van der Waals surface area contributed by atoms with Crippen molar-refractivity contribution in [2.45, 2.75) is 46.6 Å². The number of ether oxygens (including phenoxy) is 1. The maximum Gasteiger partial charge on any atom is 0.408 e. The molecule has 8 N–H and O–H groups in total. The minimum absolute atomic E-state index is 0. The van der Waals surface area contributed by atoms with Gasteiger partial charge in [-0.1, -0.05) is 43.8 Å². The molecule has 0 radical (unpaired) electrons. The Labute approximate surface area is 308 Å². The number of rotatable bonds is 11. The molecule has 0 bridgehead atoms. The summed E-state index contributed by atoms with van der Waals surface area (Å²) in [6.07, 6.45) is 0.292. The number of nitrogens with one attached hydrogen (secondary N) is 1. The molecule has 0 saturated carbocycles. The van der Waals surface area contributed by atoms with Gasteiger partial charge in [0.25, 0.3) is 10.1 Å². The third-order valence-electron chi connectivity index (χ3n) is 5.79. The Balaban J connectivity index is 0.000000476. The van der Waals surface area contributed by atoms with Crippen molar-refractivity contribution in [2.24, 2.45) is 26.2 Å². The normalized spacial score (nSPS) is 11.0. The number of nitrogen functional groups attached to an aromatic ring is 2. The van der Waals surface area contributed by atoms with Gasteiger partial charge in [-0.05, 0) is 69.3 Å². The van der Waals surface area contributed by atoms with E-state index in [1.54, 1.807) is 45.0 Å². The molecule has 0 aliphatic rings. The van der Waals surface area contributed by atoms with Crippen molar-refractivity contribution in [3.63, 3.8) is 0 Å². The molecule has 2 aromatic heterocycles. The Kier molecular flexibility index (Phi) is 18.7. The highest BCUT2D eigenvalue weighted by Gasteiger charge is 2.17. The molecular weight excluding hydrogens is 705 g/mol. The van der Waals surface area contributed by atoms with Crippen LogP contribution in [0.1, 0.15) is 39.6 Å². The number of nitrogens with zero attached hydrogens (tertiary/aromatic N) is 6. The molecule has 284 valence electrons. The number of carbonyl (C=O) groups excluding carboxylic acids is 3. The second-order valence-electron chi connectivity index (χ2n) is 11.7. The van der Waals surface area contributed by atoms with Crippen LogP contribution in [0.25, 0.3) is 0 Å². The maximum atomic E-state index is 12.0. The Hall–Kier alpha value is -5.98. The van der Waals surface area contributed by atoms with Crippen LogP contribution in [-0.4, -0.2) is 65.5 Å². The fourth-order valence-electron chi connectivity index (χ4n) is 3.62. The smallest absolute Gasteiger partial charge is 0.408 e. The second kappa shape index (κ2) is 22.1. The Morgan fingerprint density at radius 3 is 1.49 bits per heavy atom. The fraction of sp³-hybridized carbons (Fsp3) is 0.286. The summed E-state index contributed by atoms with van der Waals surface area (Å²) < 4.78 is 30.9. The SMILES string of the molecule is C.CC(C)(C)OC(=O)NCC(=O)Cc1ccc(N=Nc2ccccc2)c(N)n1.CS(=O)(=O)O.NCC(=O)Cc1ccc(N=Nc2ccccc2)c(N)n1. The second-order valence-corrected chi connectivity index (χ2v) is 13.2. The number of carbonyl (C=O) groups is 3. The largest absolute Gasteiger partial charge is 0.444 e. The minimum atomic E-state index is -3.67. The molecule has 0 unspecified atom stereocenters. The van der Waals surface area contributed by atoms with Gasteiger partial charge in [-0.3, -0.25) is 14.1 Å². The molecule has 4 aromatic rings. The Bertz CT molecular complexity index is 1950. The molecule has 2 aromatic carbocycles. The average molecular weight is 751 g/mol. The topological polar surface area (TPSA) is 280 Å². The van der Waals surface area contributed by atoms with E-state index in [0.717, 1.165) is 5.69 Å². The lowest BCUT2D eigenvalue weighted by Gasteiger charge is -2.19. The van der Waals surface area contributed by atoms with E-state index in [-0.39, 0.29) is 56.6 Å². The van der Waals surface area contributed by atoms with Gasteiger partial charge >= 0.3 is 6.09 Å². The predicted molar refractivity (Wildman–Crippen MR) is 203 cm³/mol. The van der Waals surface area contributed by atoms with Crippen LogP contribution in [0.2, 0.25) is 0 Å². The Morgan fingerprint density at radius 2 is 1.13 bits per heavy atom. The van der Waals surface area contributed by atoms with Crippen molar-refractivity contribution in [1.82, 2.24) is 15.3 Å². The molecule has 0 saturated heterocycles. The monoisotopic (exact) mass is 750 g/mol. The van der Waals surface area contributed by atoms with Crippen LogP contribution in [0.5, 0.6) is 0 Å². The lowest BCUT2D eigenvalue weighted by molar-refractivity contribution is -0.118. The van der Waals surface area contributed by atoms with Crippen LogP contribution >= 0.6 is 0 Å². The van der Waals surface area contributed by atoms with Gasteiger partial charge in [-0.25, -0.2) is 14.8 Å². The molecule has 53 heavy (non-hydrogen) atoms. The molecular formula is C35H46N10O7S. The highest BCUT2D eigenvalue weighted by Crippen LogP contribution is 2.24. The van der Waals surface area contributed by atoms with Crippen LogP contribution in [0.3, 0.4) is 0 Å². The van der Waals surface area contributed by atoms with Crippen molar-refractivity contribution in [1.29, 1.82) is 0 Å². The minimum Gasteiger partial charge on any atom is -0.444 e. The van der Waals surface area contributed by atoms with Crippen molar-refractivity contribution in [2.75, 3.05) is 30.8 Å². The number of alkyl carbamates (subject to hydrolysis) is 1. The molecule has 17 nitrogen and oxygen atoms in total. The molecule has 0 atom stereocenters. The number of anilines is 2. The number of benzene rings is 2. The van der Waals surface area contributed by atoms with Crippen LogP contribution in [0.4, 0.5) is 39.2 Å². The summed E-state index contributed by atoms with van der Waals surface area (Å²) >= 11 is 0. The van der Waals surface area contributed by atoms with E-state index in [9.17, 15) is 22.8 Å². The van der Waals surface area contributed by atoms with Crippen LogP contribution in [0, 0.1) is 0 Å². The van der Waals surface area contributed by atoms with E-state index >= 15 is 0 Å². The third kappa shape index (κ3) is 20.5. The first-order valence-electron chi connectivity index (χ1n) is 15.5. The van der Waals surface area contributed by atoms with E-state index in [0.29, 0.717) is 34.7 Å². The summed E-state index contributed by atoms with van der Waals surface area (Å²) in [5.41, 5.74) is 19.7. The quantitative estimate of drug-likeness (QED) is 0.0871. The number of azo groups is 2. The van der Waals surface area contributed by atoms with E-state index < -0.39 is 21.8 Å². The van der Waals surface area contributed by atoms with Gasteiger partial charge in [0.15, 0.2) is 23.2 Å². The van der Waals surface area contributed by atoms with Gasteiger partial charge in [-0.2, -0.15) is 18.6 Å². The average Bonchev–Trinajstić information content (AvgIpc) is 3.06. The summed E-state index contributed by atoms with van der Waals surface area (Å²) in [6.45, 7) is 5.09. The molecule has 0 aliphatic heterocycles. The first-order valence-corrected chi connectivity index (χ1v) is 17.3. The highest BCUT2D eigenvalue weighted by atomic mass is 32.2. The number of hydrogen-bond donors (Lipinski definition) is 5. The van der Waals surface area contributed by atoms with Crippen molar-refractivity contribution in [3.8, 4) is 0 Å². The van der Waals surface area contributed by atoms with Crippen molar-refractivity contribution < 1.29 is 32.1 Å². The van der Waals surface area contributed by atoms with Gasteiger partial charge in [0, 0.05) is 0 Å². The number of Topliss-reactive ketones (excluding diaryl/α,β-unsaturated/α-hetero) is 2. The number of ketones is 2. The van der Waals surface area contributed by atoms with Crippen molar-refractivity contribution >= 4 is 62.2 Å².